The van der Waals surface area contributed by atoms with Gasteiger partial charge in [0.25, 0.3) is 11.8 Å². The van der Waals surface area contributed by atoms with E-state index in [2.05, 4.69) is 4.98 Å². The van der Waals surface area contributed by atoms with E-state index in [1.807, 2.05) is 37.3 Å². The van der Waals surface area contributed by atoms with Crippen molar-refractivity contribution in [2.75, 3.05) is 6.54 Å². The zero-order valence-corrected chi connectivity index (χ0v) is 20.3. The van der Waals surface area contributed by atoms with Gasteiger partial charge in [0.05, 0.1) is 27.4 Å². The standard InChI is InChI=1S/C28H20Cl2N2O3/c1-17-25(15-19-7-2-5-11-24(19)31-17)35-16-22-23(29)13-12-18(26(22)30)8-6-14-32-27(33)20-9-3-4-10-21(20)28(32)34/h2-13,15H,14,16H2,1H3. The lowest BCUT2D eigenvalue weighted by molar-refractivity contribution is 0.0672. The van der Waals surface area contributed by atoms with Crippen molar-refractivity contribution in [2.45, 2.75) is 13.5 Å². The summed E-state index contributed by atoms with van der Waals surface area (Å²) >= 11 is 13.1. The number of aryl methyl sites for hydroxylation is 1. The van der Waals surface area contributed by atoms with Crippen molar-refractivity contribution in [1.82, 2.24) is 9.88 Å². The molecule has 0 radical (unpaired) electrons. The van der Waals surface area contributed by atoms with Gasteiger partial charge in [-0.25, -0.2) is 4.98 Å². The van der Waals surface area contributed by atoms with Crippen molar-refractivity contribution in [3.05, 3.63) is 111 Å². The molecular weight excluding hydrogens is 483 g/mol. The first-order valence-electron chi connectivity index (χ1n) is 11.0. The van der Waals surface area contributed by atoms with E-state index in [9.17, 15) is 9.59 Å². The second kappa shape index (κ2) is 9.53. The van der Waals surface area contributed by atoms with Crippen LogP contribution >= 0.6 is 23.2 Å². The Morgan fingerprint density at radius 1 is 0.943 bits per heavy atom. The van der Waals surface area contributed by atoms with Crippen LogP contribution in [-0.4, -0.2) is 28.2 Å². The lowest BCUT2D eigenvalue weighted by Gasteiger charge is -2.14. The van der Waals surface area contributed by atoms with Crippen molar-refractivity contribution in [3.63, 3.8) is 0 Å². The molecule has 0 bridgehead atoms. The van der Waals surface area contributed by atoms with Gasteiger partial charge >= 0.3 is 0 Å². The van der Waals surface area contributed by atoms with E-state index in [0.717, 1.165) is 16.6 Å². The molecule has 0 spiro atoms. The predicted octanol–water partition coefficient (Wildman–Crippen LogP) is 6.74. The molecule has 5 nitrogen and oxygen atoms in total. The zero-order valence-electron chi connectivity index (χ0n) is 18.8. The van der Waals surface area contributed by atoms with E-state index in [-0.39, 0.29) is 25.0 Å². The van der Waals surface area contributed by atoms with Crippen LogP contribution in [0.1, 0.15) is 37.5 Å². The first-order chi connectivity index (χ1) is 16.9. The van der Waals surface area contributed by atoms with Crippen molar-refractivity contribution >= 4 is 52.0 Å². The molecule has 0 unspecified atom stereocenters. The van der Waals surface area contributed by atoms with Crippen LogP contribution in [0.5, 0.6) is 5.75 Å². The highest BCUT2D eigenvalue weighted by atomic mass is 35.5. The highest BCUT2D eigenvalue weighted by Crippen LogP contribution is 2.31. The van der Waals surface area contributed by atoms with E-state index >= 15 is 0 Å². The lowest BCUT2D eigenvalue weighted by atomic mass is 10.1. The minimum absolute atomic E-state index is 0.138. The van der Waals surface area contributed by atoms with Crippen LogP contribution in [0.25, 0.3) is 17.0 Å². The zero-order chi connectivity index (χ0) is 24.5. The summed E-state index contributed by atoms with van der Waals surface area (Å²) in [7, 11) is 0. The Morgan fingerprint density at radius 3 is 2.37 bits per heavy atom. The molecule has 3 aromatic carbocycles. The largest absolute Gasteiger partial charge is 0.487 e. The number of ether oxygens (including phenoxy) is 1. The molecule has 0 fully saturated rings. The van der Waals surface area contributed by atoms with Crippen LogP contribution in [0.2, 0.25) is 10.0 Å². The number of nitrogens with zero attached hydrogens (tertiary/aromatic N) is 2. The smallest absolute Gasteiger partial charge is 0.261 e. The van der Waals surface area contributed by atoms with Gasteiger partial charge in [-0.1, -0.05) is 71.8 Å². The Bertz CT molecular complexity index is 1480. The fourth-order valence-electron chi connectivity index (χ4n) is 4.06. The molecule has 35 heavy (non-hydrogen) atoms. The summed E-state index contributed by atoms with van der Waals surface area (Å²) < 4.78 is 6.04. The average Bonchev–Trinajstić information content (AvgIpc) is 3.10. The number of fused-ring (bicyclic) bond motifs is 2. The van der Waals surface area contributed by atoms with Crippen molar-refractivity contribution in [1.29, 1.82) is 0 Å². The molecule has 0 saturated carbocycles. The molecule has 4 aromatic rings. The molecule has 0 saturated heterocycles. The van der Waals surface area contributed by atoms with E-state index < -0.39 is 0 Å². The number of hydrogen-bond acceptors (Lipinski definition) is 4. The number of carbonyl (C=O) groups is 2. The van der Waals surface area contributed by atoms with E-state index in [0.29, 0.717) is 38.0 Å². The minimum Gasteiger partial charge on any atom is -0.487 e. The summed E-state index contributed by atoms with van der Waals surface area (Å²) in [6.07, 6.45) is 3.51. The van der Waals surface area contributed by atoms with E-state index in [1.165, 1.54) is 4.90 Å². The van der Waals surface area contributed by atoms with Gasteiger partial charge in [0.15, 0.2) is 0 Å². The number of para-hydroxylation sites is 1. The monoisotopic (exact) mass is 502 g/mol. The number of amides is 2. The SMILES string of the molecule is Cc1nc2ccccc2cc1OCc1c(Cl)ccc(C=CCN2C(=O)c3ccccc3C2=O)c1Cl. The van der Waals surface area contributed by atoms with E-state index in [4.69, 9.17) is 27.9 Å². The van der Waals surface area contributed by atoms with Gasteiger partial charge in [-0.3, -0.25) is 14.5 Å². The fourth-order valence-corrected chi connectivity index (χ4v) is 4.60. The average molecular weight is 503 g/mol. The number of halogens is 2. The number of benzene rings is 3. The molecule has 174 valence electrons. The third kappa shape index (κ3) is 4.41. The van der Waals surface area contributed by atoms with Crippen LogP contribution < -0.4 is 4.74 Å². The third-order valence-corrected chi connectivity index (χ3v) is 6.72. The van der Waals surface area contributed by atoms with E-state index in [1.54, 1.807) is 48.6 Å². The molecule has 1 aromatic heterocycles. The Labute approximate surface area is 212 Å². The Morgan fingerprint density at radius 2 is 1.63 bits per heavy atom. The van der Waals surface area contributed by atoms with Gasteiger partial charge in [-0.05, 0) is 42.8 Å². The van der Waals surface area contributed by atoms with Crippen LogP contribution in [0.15, 0.2) is 72.8 Å². The highest BCUT2D eigenvalue weighted by Gasteiger charge is 2.34. The summed E-state index contributed by atoms with van der Waals surface area (Å²) in [5, 5.41) is 1.91. The Kier molecular flexibility index (Phi) is 6.29. The Balaban J connectivity index is 1.32. The molecule has 0 aliphatic carbocycles. The maximum atomic E-state index is 12.6. The quantitative estimate of drug-likeness (QED) is 0.274. The lowest BCUT2D eigenvalue weighted by Crippen LogP contribution is -2.29. The van der Waals surface area contributed by atoms with Crippen LogP contribution in [0, 0.1) is 6.92 Å². The van der Waals surface area contributed by atoms with Gasteiger partial charge in [-0.15, -0.1) is 0 Å². The minimum atomic E-state index is -0.300. The number of hydrogen-bond donors (Lipinski definition) is 0. The summed E-state index contributed by atoms with van der Waals surface area (Å²) in [5.74, 6) is 0.0548. The van der Waals surface area contributed by atoms with Crippen LogP contribution in [0.3, 0.4) is 0 Å². The van der Waals surface area contributed by atoms with Gasteiger partial charge in [0.2, 0.25) is 0 Å². The maximum Gasteiger partial charge on any atom is 0.261 e. The van der Waals surface area contributed by atoms with Crippen LogP contribution in [0.4, 0.5) is 0 Å². The molecule has 2 heterocycles. The molecule has 0 N–H and O–H groups in total. The summed E-state index contributed by atoms with van der Waals surface area (Å²) in [4.78, 5) is 30.9. The van der Waals surface area contributed by atoms with Crippen molar-refractivity contribution < 1.29 is 14.3 Å². The van der Waals surface area contributed by atoms with Crippen molar-refractivity contribution in [3.8, 4) is 5.75 Å². The molecule has 5 rings (SSSR count). The van der Waals surface area contributed by atoms with Crippen LogP contribution in [-0.2, 0) is 6.61 Å². The summed E-state index contributed by atoms with van der Waals surface area (Å²) in [5.41, 5.74) is 3.87. The maximum absolute atomic E-state index is 12.6. The molecule has 1 aliphatic heterocycles. The highest BCUT2D eigenvalue weighted by molar-refractivity contribution is 6.37. The summed E-state index contributed by atoms with van der Waals surface area (Å²) in [6, 6.07) is 20.1. The number of carbonyl (C=O) groups excluding carboxylic acids is 2. The first kappa shape index (κ1) is 23.1. The fraction of sp³-hybridized carbons (Fsp3) is 0.107. The number of rotatable bonds is 6. The van der Waals surface area contributed by atoms with Crippen molar-refractivity contribution in [2.24, 2.45) is 0 Å². The van der Waals surface area contributed by atoms with Gasteiger partial charge in [0, 0.05) is 22.5 Å². The molecule has 2 amide bonds. The number of aromatic nitrogens is 1. The molecule has 0 atom stereocenters. The van der Waals surface area contributed by atoms with Gasteiger partial charge < -0.3 is 4.74 Å². The summed E-state index contributed by atoms with van der Waals surface area (Å²) in [6.45, 7) is 2.20. The first-order valence-corrected chi connectivity index (χ1v) is 11.8. The predicted molar refractivity (Wildman–Crippen MR) is 138 cm³/mol. The van der Waals surface area contributed by atoms with Gasteiger partial charge in [0.1, 0.15) is 12.4 Å². The second-order valence-electron chi connectivity index (χ2n) is 8.15. The Hall–Kier alpha value is -3.67. The number of imide groups is 1. The third-order valence-electron chi connectivity index (χ3n) is 5.92. The normalized spacial score (nSPS) is 13.2. The molecule has 1 aliphatic rings. The topological polar surface area (TPSA) is 59.5 Å². The second-order valence-corrected chi connectivity index (χ2v) is 8.94. The number of pyridine rings is 1. The molecule has 7 heteroatoms. The van der Waals surface area contributed by atoms with Gasteiger partial charge in [-0.2, -0.15) is 0 Å². The molecular formula is C28H20Cl2N2O3.